The van der Waals surface area contributed by atoms with E-state index in [9.17, 15) is 0 Å². The highest BCUT2D eigenvalue weighted by Gasteiger charge is 2.57. The Labute approximate surface area is 169 Å². The molecule has 29 heavy (non-hydrogen) atoms. The van der Waals surface area contributed by atoms with Gasteiger partial charge in [0.25, 0.3) is 0 Å². The quantitative estimate of drug-likeness (QED) is 0.706. The summed E-state index contributed by atoms with van der Waals surface area (Å²) in [5.41, 5.74) is 1.42. The van der Waals surface area contributed by atoms with E-state index in [-0.39, 0.29) is 12.2 Å². The van der Waals surface area contributed by atoms with Crippen molar-refractivity contribution >= 4 is 11.2 Å². The van der Waals surface area contributed by atoms with Crippen LogP contribution < -0.4 is 5.01 Å². The zero-order chi connectivity index (χ0) is 20.0. The van der Waals surface area contributed by atoms with Crippen molar-refractivity contribution < 1.29 is 18.9 Å². The van der Waals surface area contributed by atoms with Crippen molar-refractivity contribution in [3.05, 3.63) is 18.9 Å². The van der Waals surface area contributed by atoms with Crippen molar-refractivity contribution in [2.75, 3.05) is 24.8 Å². The first kappa shape index (κ1) is 18.8. The summed E-state index contributed by atoms with van der Waals surface area (Å²) in [6, 6.07) is 0. The summed E-state index contributed by atoms with van der Waals surface area (Å²) >= 11 is 0. The molecule has 9 nitrogen and oxygen atoms in total. The van der Waals surface area contributed by atoms with Crippen LogP contribution in [0.1, 0.15) is 26.7 Å². The lowest BCUT2D eigenvalue weighted by Gasteiger charge is -2.37. The largest absolute Gasteiger partial charge is 0.381 e. The first-order valence-corrected chi connectivity index (χ1v) is 10.0. The summed E-state index contributed by atoms with van der Waals surface area (Å²) in [6.07, 6.45) is 11.3. The zero-order valence-electron chi connectivity index (χ0n) is 16.6. The van der Waals surface area contributed by atoms with Gasteiger partial charge in [-0.15, -0.1) is 6.42 Å². The standard InChI is InChI=1S/C20H25N5O4/c1-4-15-16-17(29-20(2,3)28-16)19(27-15)24(9-13-6-5-7-26-10-13)25-12-23-14-8-21-11-22-18(14)25/h1,8,11-13,15-17,19H,5-7,9-10H2,2-3H3/t13?,15-,16-,17-,19-/m1/s1. The number of hydrogen-bond donors (Lipinski definition) is 0. The number of nitrogens with zero attached hydrogens (tertiary/aromatic N) is 5. The van der Waals surface area contributed by atoms with Crippen molar-refractivity contribution in [3.63, 3.8) is 0 Å². The van der Waals surface area contributed by atoms with Crippen molar-refractivity contribution in [2.45, 2.75) is 57.0 Å². The van der Waals surface area contributed by atoms with Gasteiger partial charge in [-0.2, -0.15) is 0 Å². The van der Waals surface area contributed by atoms with Crippen LogP contribution in [-0.4, -0.2) is 69.7 Å². The molecule has 9 heteroatoms. The molecule has 0 bridgehead atoms. The van der Waals surface area contributed by atoms with Gasteiger partial charge in [-0.1, -0.05) is 5.92 Å². The van der Waals surface area contributed by atoms with E-state index >= 15 is 0 Å². The maximum Gasteiger partial charge on any atom is 0.182 e. The van der Waals surface area contributed by atoms with Crippen molar-refractivity contribution in [1.29, 1.82) is 0 Å². The normalized spacial score (nSPS) is 33.5. The third kappa shape index (κ3) is 3.36. The minimum atomic E-state index is -0.717. The minimum absolute atomic E-state index is 0.324. The van der Waals surface area contributed by atoms with Crippen LogP contribution in [0.25, 0.3) is 11.2 Å². The number of fused-ring (bicyclic) bond motifs is 2. The molecular formula is C20H25N5O4. The molecule has 3 saturated heterocycles. The van der Waals surface area contributed by atoms with Crippen molar-refractivity contribution in [3.8, 4) is 12.3 Å². The Bertz CT molecular complexity index is 919. The highest BCUT2D eigenvalue weighted by atomic mass is 16.8. The van der Waals surface area contributed by atoms with E-state index in [1.807, 2.05) is 18.5 Å². The molecule has 0 aliphatic carbocycles. The van der Waals surface area contributed by atoms with Crippen LogP contribution in [0.2, 0.25) is 0 Å². The molecule has 2 aromatic rings. The van der Waals surface area contributed by atoms with Gasteiger partial charge >= 0.3 is 0 Å². The smallest absolute Gasteiger partial charge is 0.182 e. The maximum atomic E-state index is 6.25. The van der Waals surface area contributed by atoms with Gasteiger partial charge in [-0.3, -0.25) is 5.01 Å². The average Bonchev–Trinajstić information content (AvgIpc) is 3.37. The minimum Gasteiger partial charge on any atom is -0.381 e. The Kier molecular flexibility index (Phi) is 4.67. The highest BCUT2D eigenvalue weighted by molar-refractivity contribution is 5.69. The van der Waals surface area contributed by atoms with Gasteiger partial charge in [0.2, 0.25) is 0 Å². The lowest BCUT2D eigenvalue weighted by Crippen LogP contribution is -2.53. The molecule has 0 aromatic carbocycles. The fourth-order valence-corrected chi connectivity index (χ4v) is 4.42. The summed E-state index contributed by atoms with van der Waals surface area (Å²) in [5.74, 6) is 2.35. The first-order valence-electron chi connectivity index (χ1n) is 10.0. The van der Waals surface area contributed by atoms with Crippen LogP contribution in [0.4, 0.5) is 0 Å². The molecule has 0 N–H and O–H groups in total. The van der Waals surface area contributed by atoms with E-state index in [2.05, 4.69) is 25.9 Å². The molecule has 0 amide bonds. The van der Waals surface area contributed by atoms with Gasteiger partial charge in [-0.05, 0) is 26.7 Å². The molecular weight excluding hydrogens is 374 g/mol. The molecule has 3 aliphatic rings. The number of terminal acetylenes is 1. The highest BCUT2D eigenvalue weighted by Crippen LogP contribution is 2.39. The Morgan fingerprint density at radius 1 is 1.31 bits per heavy atom. The number of imidazole rings is 1. The summed E-state index contributed by atoms with van der Waals surface area (Å²) in [5, 5.41) is 2.10. The second-order valence-electron chi connectivity index (χ2n) is 8.20. The van der Waals surface area contributed by atoms with Crippen LogP contribution in [0.15, 0.2) is 18.9 Å². The Morgan fingerprint density at radius 3 is 2.97 bits per heavy atom. The molecule has 1 unspecified atom stereocenters. The first-order chi connectivity index (χ1) is 14.1. The van der Waals surface area contributed by atoms with Crippen molar-refractivity contribution in [2.24, 2.45) is 5.92 Å². The third-order valence-corrected chi connectivity index (χ3v) is 5.66. The number of rotatable bonds is 4. The van der Waals surface area contributed by atoms with Gasteiger partial charge in [0.05, 0.1) is 12.8 Å². The summed E-state index contributed by atoms with van der Waals surface area (Å²) in [4.78, 5) is 13.0. The number of ether oxygens (including phenoxy) is 4. The van der Waals surface area contributed by atoms with Crippen LogP contribution in [-0.2, 0) is 18.9 Å². The molecule has 5 atom stereocenters. The second-order valence-corrected chi connectivity index (χ2v) is 8.20. The second kappa shape index (κ2) is 7.22. The molecule has 154 valence electrons. The molecule has 3 aliphatic heterocycles. The fraction of sp³-hybridized carbons (Fsp3) is 0.650. The van der Waals surface area contributed by atoms with Crippen LogP contribution in [0, 0.1) is 18.3 Å². The number of aromatic nitrogens is 4. The van der Waals surface area contributed by atoms with E-state index in [4.69, 9.17) is 25.4 Å². The van der Waals surface area contributed by atoms with Gasteiger partial charge < -0.3 is 18.9 Å². The molecule has 0 spiro atoms. The van der Waals surface area contributed by atoms with E-state index in [1.165, 1.54) is 6.33 Å². The Balaban J connectivity index is 1.52. The summed E-state index contributed by atoms with van der Waals surface area (Å²) in [6.45, 7) is 6.02. The van der Waals surface area contributed by atoms with E-state index in [0.29, 0.717) is 30.2 Å². The van der Waals surface area contributed by atoms with Crippen molar-refractivity contribution in [1.82, 2.24) is 19.6 Å². The van der Waals surface area contributed by atoms with E-state index in [1.54, 1.807) is 12.5 Å². The Morgan fingerprint density at radius 2 is 2.17 bits per heavy atom. The predicted octanol–water partition coefficient (Wildman–Crippen LogP) is 1.07. The Hall–Kier alpha value is -2.25. The topological polar surface area (TPSA) is 83.8 Å². The monoisotopic (exact) mass is 399 g/mol. The van der Waals surface area contributed by atoms with Gasteiger partial charge in [0.15, 0.2) is 17.7 Å². The van der Waals surface area contributed by atoms with Crippen LogP contribution >= 0.6 is 0 Å². The lowest BCUT2D eigenvalue weighted by atomic mass is 10.0. The van der Waals surface area contributed by atoms with Gasteiger partial charge in [0, 0.05) is 19.1 Å². The lowest BCUT2D eigenvalue weighted by molar-refractivity contribution is -0.183. The van der Waals surface area contributed by atoms with Crippen LogP contribution in [0.5, 0.6) is 0 Å². The SMILES string of the molecule is C#C[C@H]1O[C@@H](N(CC2CCCOC2)n2cnc3cncnc32)[C@@H]2OC(C)(C)O[C@@H]21. The molecule has 5 heterocycles. The number of hydrogen-bond acceptors (Lipinski definition) is 8. The summed E-state index contributed by atoms with van der Waals surface area (Å²) < 4.78 is 26.2. The average molecular weight is 399 g/mol. The van der Waals surface area contributed by atoms with Crippen LogP contribution in [0.3, 0.4) is 0 Å². The summed E-state index contributed by atoms with van der Waals surface area (Å²) in [7, 11) is 0. The van der Waals surface area contributed by atoms with Gasteiger partial charge in [-0.25, -0.2) is 19.6 Å². The van der Waals surface area contributed by atoms with E-state index in [0.717, 1.165) is 19.4 Å². The molecule has 5 rings (SSSR count). The fourth-order valence-electron chi connectivity index (χ4n) is 4.42. The zero-order valence-corrected chi connectivity index (χ0v) is 16.6. The predicted molar refractivity (Wildman–Crippen MR) is 103 cm³/mol. The molecule has 2 aromatic heterocycles. The van der Waals surface area contributed by atoms with E-state index < -0.39 is 18.1 Å². The third-order valence-electron chi connectivity index (χ3n) is 5.66. The molecule has 3 fully saturated rings. The van der Waals surface area contributed by atoms with Gasteiger partial charge in [0.1, 0.15) is 36.5 Å². The molecule has 0 saturated carbocycles. The molecule has 0 radical (unpaired) electrons. The maximum absolute atomic E-state index is 6.25.